The monoisotopic (exact) mass is 1680 g/mol. The zero-order valence-electron chi connectivity index (χ0n) is 71.4. The van der Waals surface area contributed by atoms with Gasteiger partial charge in [0.1, 0.15) is 0 Å². The van der Waals surface area contributed by atoms with Gasteiger partial charge in [0.2, 0.25) is 0 Å². The molecule has 15 aromatic carbocycles. The first kappa shape index (κ1) is 77.7. The fourth-order valence-electron chi connectivity index (χ4n) is 19.0. The number of aromatic nitrogens is 10. The van der Waals surface area contributed by atoms with E-state index in [9.17, 15) is 0 Å². The molecule has 0 bridgehead atoms. The van der Waals surface area contributed by atoms with E-state index in [1.165, 1.54) is 11.1 Å². The molecule has 132 heavy (non-hydrogen) atoms. The average molecular weight is 1680 g/mol. The van der Waals surface area contributed by atoms with Crippen molar-refractivity contribution >= 4 is 97.7 Å². The fraction of sp³-hybridized carbons (Fsp3) is 0. The molecule has 10 nitrogen and oxygen atoms in total. The Hall–Kier alpha value is -17.9. The lowest BCUT2D eigenvalue weighted by Gasteiger charge is -2.19. The minimum atomic E-state index is 0.793. The molecule has 25 rings (SSSR count). The highest BCUT2D eigenvalue weighted by atomic mass is 14.8. The number of benzene rings is 15. The quantitative estimate of drug-likeness (QED) is 0.0766. The van der Waals surface area contributed by atoms with Crippen LogP contribution in [-0.2, 0) is 0 Å². The van der Waals surface area contributed by atoms with Crippen LogP contribution < -0.4 is 0 Å². The van der Waals surface area contributed by atoms with Gasteiger partial charge in [-0.2, -0.15) is 0 Å². The zero-order chi connectivity index (χ0) is 87.4. The van der Waals surface area contributed by atoms with Gasteiger partial charge in [-0.05, 0) is 162 Å². The van der Waals surface area contributed by atoms with Crippen LogP contribution >= 0.6 is 0 Å². The summed E-state index contributed by atoms with van der Waals surface area (Å²) in [6.07, 6.45) is 7.53. The molecule has 0 saturated heterocycles. The lowest BCUT2D eigenvalue weighted by Crippen LogP contribution is -1.96. The Morgan fingerprint density at radius 3 is 0.917 bits per heavy atom. The van der Waals surface area contributed by atoms with E-state index in [-0.39, 0.29) is 0 Å². The lowest BCUT2D eigenvalue weighted by molar-refractivity contribution is 1.25. The Morgan fingerprint density at radius 2 is 0.470 bits per heavy atom. The predicted molar refractivity (Wildman–Crippen MR) is 544 cm³/mol. The molecule has 614 valence electrons. The first-order valence-corrected chi connectivity index (χ1v) is 44.4. The summed E-state index contributed by atoms with van der Waals surface area (Å²) in [5.74, 6) is 0. The molecule has 0 radical (unpaired) electrons. The predicted octanol–water partition coefficient (Wildman–Crippen LogP) is 31.0. The minimum absolute atomic E-state index is 0.793. The smallest absolute Gasteiger partial charge is 0.0978 e. The van der Waals surface area contributed by atoms with E-state index in [1.807, 2.05) is 85.5 Å². The van der Waals surface area contributed by atoms with Crippen LogP contribution in [0.25, 0.3) is 255 Å². The number of hydrogen-bond acceptors (Lipinski definition) is 10. The van der Waals surface area contributed by atoms with E-state index in [1.54, 1.807) is 0 Å². The fourth-order valence-corrected chi connectivity index (χ4v) is 19.0. The summed E-state index contributed by atoms with van der Waals surface area (Å²) in [5, 5.41) is 13.2. The number of para-hydroxylation sites is 2. The van der Waals surface area contributed by atoms with Gasteiger partial charge in [0.15, 0.2) is 0 Å². The van der Waals surface area contributed by atoms with Gasteiger partial charge in [-0.25, -0.2) is 29.9 Å². The van der Waals surface area contributed by atoms with Crippen molar-refractivity contribution in [3.8, 4) is 157 Å². The van der Waals surface area contributed by atoms with Crippen LogP contribution in [0, 0.1) is 0 Å². The summed E-state index contributed by atoms with van der Waals surface area (Å²) in [7, 11) is 0. The van der Waals surface area contributed by atoms with Crippen molar-refractivity contribution in [2.45, 2.75) is 0 Å². The Kier molecular flexibility index (Phi) is 19.7. The SMILES string of the molecule is c1ccc(-c2ccc(-c3cc(-c4c5ccccc5c(-c5ccc6ccc7c(-c8ccccc8)c8ccccc8nc7c6n5)c5ccccc45)cc(-c4ccc(-c5ccccn5)cc4)n3)nc2)cc1.c1ccc(-c2ccc(-c3cc(-c4ccc(-c5ccc6ccc7c(-c8ccccc8)c8ccccc8nc7c6n5)c5ccccc45)cc(-c4ccc(-c5ccccn5)cc4)n3)nc2)cc1. The largest absolute Gasteiger partial charge is 0.256 e. The summed E-state index contributed by atoms with van der Waals surface area (Å²) < 4.78 is 0. The summed E-state index contributed by atoms with van der Waals surface area (Å²) in [6.45, 7) is 0. The minimum Gasteiger partial charge on any atom is -0.256 e. The Balaban J connectivity index is 0.000000146. The maximum atomic E-state index is 5.60. The molecule has 10 heteroatoms. The highest BCUT2D eigenvalue weighted by Gasteiger charge is 2.25. The van der Waals surface area contributed by atoms with Gasteiger partial charge in [0.25, 0.3) is 0 Å². The second kappa shape index (κ2) is 33.5. The zero-order valence-corrected chi connectivity index (χ0v) is 71.4. The maximum Gasteiger partial charge on any atom is 0.0978 e. The summed E-state index contributed by atoms with van der Waals surface area (Å²) in [5.41, 5.74) is 33.6. The lowest BCUT2D eigenvalue weighted by atomic mass is 9.86. The molecular formula is C122H76N10. The second-order valence-electron chi connectivity index (χ2n) is 33.2. The van der Waals surface area contributed by atoms with Crippen molar-refractivity contribution in [3.05, 3.63) is 462 Å². The van der Waals surface area contributed by atoms with E-state index in [2.05, 4.69) is 386 Å². The molecule has 0 aliphatic rings. The second-order valence-corrected chi connectivity index (χ2v) is 33.2. The average Bonchev–Trinajstić information content (AvgIpc) is 0.720. The molecule has 0 amide bonds. The Bertz CT molecular complexity index is 8500. The topological polar surface area (TPSA) is 129 Å². The molecule has 0 unspecified atom stereocenters. The highest BCUT2D eigenvalue weighted by molar-refractivity contribution is 6.23. The molecule has 10 heterocycles. The van der Waals surface area contributed by atoms with Gasteiger partial charge in [-0.3, -0.25) is 19.9 Å². The highest BCUT2D eigenvalue weighted by Crippen LogP contribution is 2.48. The third kappa shape index (κ3) is 14.4. The van der Waals surface area contributed by atoms with Gasteiger partial charge >= 0.3 is 0 Å². The molecule has 10 aromatic heterocycles. The van der Waals surface area contributed by atoms with E-state index in [0.717, 1.165) is 244 Å². The van der Waals surface area contributed by atoms with Crippen LogP contribution in [0.15, 0.2) is 462 Å². The van der Waals surface area contributed by atoms with E-state index in [4.69, 9.17) is 39.9 Å². The summed E-state index contributed by atoms with van der Waals surface area (Å²) >= 11 is 0. The molecule has 0 aliphatic heterocycles. The normalized spacial score (nSPS) is 11.5. The number of hydrogen-bond donors (Lipinski definition) is 0. The Labute approximate surface area is 761 Å². The third-order valence-corrected chi connectivity index (χ3v) is 25.3. The maximum absolute atomic E-state index is 5.60. The molecule has 0 atom stereocenters. The van der Waals surface area contributed by atoms with Crippen molar-refractivity contribution in [2.75, 3.05) is 0 Å². The number of nitrogens with zero attached hydrogens (tertiary/aromatic N) is 10. The standard InChI is InChI=1S/C63H39N5.C59H37N5/c1-3-15-40(16-4-1)45-32-34-55(65-39-45)58-38-46(37-57(66-58)42-28-26-41(27-29-42)53-24-13-14-36-64-53)60-47-19-7-9-21-49(47)61(50-22-10-8-20-48(50)60)56-35-31-44-30-33-52-59(43-17-5-2-6-18-43)51-23-11-12-25-54(51)67-63(52)62(44)68-56;1-3-13-38(14-4-1)43-28-33-54(61-37-43)56-36-44(35-55(62-56)40-24-22-39(23-25-40)51-20-11-12-34-60-51)45-30-31-48(47-18-8-7-17-46(45)47)53-32-27-42-26-29-50-57(41-15-5-2-6-16-41)49-19-9-10-21-52(49)64-59(50)58(42)63-53/h1-39H;1-37H. The van der Waals surface area contributed by atoms with Crippen LogP contribution in [0.3, 0.4) is 0 Å². The van der Waals surface area contributed by atoms with E-state index >= 15 is 0 Å². The summed E-state index contributed by atoms with van der Waals surface area (Å²) in [6, 6.07) is 153. The molecule has 0 fully saturated rings. The van der Waals surface area contributed by atoms with Gasteiger partial charge in [0.05, 0.1) is 90.0 Å². The van der Waals surface area contributed by atoms with Crippen LogP contribution in [0.4, 0.5) is 0 Å². The van der Waals surface area contributed by atoms with Gasteiger partial charge < -0.3 is 0 Å². The van der Waals surface area contributed by atoms with Crippen LogP contribution in [0.5, 0.6) is 0 Å². The van der Waals surface area contributed by atoms with Crippen molar-refractivity contribution in [1.29, 1.82) is 0 Å². The van der Waals surface area contributed by atoms with Gasteiger partial charge in [0, 0.05) is 113 Å². The number of fused-ring (bicyclic) bond motifs is 11. The third-order valence-electron chi connectivity index (χ3n) is 25.3. The summed E-state index contributed by atoms with van der Waals surface area (Å²) in [4.78, 5) is 51.4. The molecular weight excluding hydrogens is 1610 g/mol. The van der Waals surface area contributed by atoms with Crippen LogP contribution in [0.1, 0.15) is 0 Å². The Morgan fingerprint density at radius 1 is 0.136 bits per heavy atom. The van der Waals surface area contributed by atoms with Gasteiger partial charge in [-0.15, -0.1) is 0 Å². The van der Waals surface area contributed by atoms with Gasteiger partial charge in [-0.1, -0.05) is 352 Å². The van der Waals surface area contributed by atoms with Crippen LogP contribution in [0.2, 0.25) is 0 Å². The number of pyridine rings is 10. The first-order chi connectivity index (χ1) is 65.4. The molecule has 0 spiro atoms. The van der Waals surface area contributed by atoms with E-state index in [0.29, 0.717) is 0 Å². The van der Waals surface area contributed by atoms with Crippen molar-refractivity contribution < 1.29 is 0 Å². The molecule has 0 saturated carbocycles. The van der Waals surface area contributed by atoms with Crippen molar-refractivity contribution in [1.82, 2.24) is 49.8 Å². The van der Waals surface area contributed by atoms with Crippen LogP contribution in [-0.4, -0.2) is 49.8 Å². The van der Waals surface area contributed by atoms with Crippen molar-refractivity contribution in [2.24, 2.45) is 0 Å². The molecule has 0 N–H and O–H groups in total. The first-order valence-electron chi connectivity index (χ1n) is 44.4. The van der Waals surface area contributed by atoms with Crippen molar-refractivity contribution in [3.63, 3.8) is 0 Å². The number of rotatable bonds is 14. The molecule has 0 aliphatic carbocycles. The van der Waals surface area contributed by atoms with E-state index < -0.39 is 0 Å². The molecule has 25 aromatic rings.